The highest BCUT2D eigenvalue weighted by molar-refractivity contribution is 7.96. The third kappa shape index (κ3) is 1.99. The molecule has 0 aliphatic carbocycles. The summed E-state index contributed by atoms with van der Waals surface area (Å²) in [6.45, 7) is 0.998. The molecule has 0 fully saturated rings. The second-order valence-electron chi connectivity index (χ2n) is 2.32. The largest absolute Gasteiger partial charge is 0.475 e. The first-order chi connectivity index (χ1) is 6.11. The molecule has 4 N–H and O–H groups in total. The van der Waals surface area contributed by atoms with Crippen molar-refractivity contribution in [1.82, 2.24) is 0 Å². The minimum atomic E-state index is -2.94. The average molecular weight is 204 g/mol. The molecule has 0 amide bonds. The van der Waals surface area contributed by atoms with Gasteiger partial charge in [-0.3, -0.25) is 0 Å². The van der Waals surface area contributed by atoms with Crippen LogP contribution in [0.25, 0.3) is 0 Å². The Morgan fingerprint density at radius 1 is 1.85 bits per heavy atom. The van der Waals surface area contributed by atoms with E-state index in [-0.39, 0.29) is 10.8 Å². The number of nitrogens with two attached hydrogens (primary N) is 2. The maximum Gasteiger partial charge on any atom is 0.229 e. The molecule has 1 rings (SSSR count). The van der Waals surface area contributed by atoms with Crippen LogP contribution in [0.5, 0.6) is 0 Å². The van der Waals surface area contributed by atoms with Gasteiger partial charge in [-0.05, 0) is 0 Å². The maximum atomic E-state index is 11.6. The van der Waals surface area contributed by atoms with Gasteiger partial charge in [-0.1, -0.05) is 0 Å². The van der Waals surface area contributed by atoms with E-state index in [9.17, 15) is 4.21 Å². The molecular formula is C6H12N4O2S. The van der Waals surface area contributed by atoms with Crippen LogP contribution in [0, 0.1) is 0 Å². The van der Waals surface area contributed by atoms with Crippen LogP contribution in [0.4, 0.5) is 0 Å². The topological polar surface area (TPSA) is 103 Å². The number of rotatable bonds is 2. The molecule has 1 heterocycles. The number of hydrogen-bond donors (Lipinski definition) is 2. The fourth-order valence-corrected chi connectivity index (χ4v) is 1.64. The van der Waals surface area contributed by atoms with Crippen molar-refractivity contribution >= 4 is 15.8 Å². The average Bonchev–Trinajstić information content (AvgIpc) is 2.58. The van der Waals surface area contributed by atoms with Gasteiger partial charge in [0.1, 0.15) is 21.4 Å². The predicted octanol–water partition coefficient (Wildman–Crippen LogP) is -0.813. The molecule has 13 heavy (non-hydrogen) atoms. The van der Waals surface area contributed by atoms with Crippen LogP contribution in [0.2, 0.25) is 0 Å². The van der Waals surface area contributed by atoms with Crippen molar-refractivity contribution < 1.29 is 8.95 Å². The van der Waals surface area contributed by atoms with Gasteiger partial charge in [-0.25, -0.2) is 18.7 Å². The molecule has 1 unspecified atom stereocenters. The lowest BCUT2D eigenvalue weighted by Gasteiger charge is -2.06. The normalized spacial score (nSPS) is 21.7. The highest BCUT2D eigenvalue weighted by Gasteiger charge is 2.20. The number of nitrogens with zero attached hydrogens (tertiary/aromatic N) is 2. The minimum Gasteiger partial charge on any atom is -0.475 e. The zero-order valence-corrected chi connectivity index (χ0v) is 8.08. The van der Waals surface area contributed by atoms with Crippen molar-refractivity contribution in [2.24, 2.45) is 20.2 Å². The van der Waals surface area contributed by atoms with Gasteiger partial charge in [0, 0.05) is 13.2 Å². The Morgan fingerprint density at radius 2 is 2.54 bits per heavy atom. The van der Waals surface area contributed by atoms with Crippen LogP contribution < -0.4 is 10.9 Å². The van der Waals surface area contributed by atoms with E-state index >= 15 is 0 Å². The molecule has 0 saturated carbocycles. The van der Waals surface area contributed by atoms with E-state index in [1.807, 2.05) is 0 Å². The first kappa shape index (κ1) is 10.0. The van der Waals surface area contributed by atoms with Gasteiger partial charge >= 0.3 is 0 Å². The van der Waals surface area contributed by atoms with E-state index in [1.54, 1.807) is 0 Å². The molecular weight excluding hydrogens is 192 g/mol. The molecule has 0 aromatic carbocycles. The summed E-state index contributed by atoms with van der Waals surface area (Å²) in [4.78, 5) is 4.11. The van der Waals surface area contributed by atoms with Crippen LogP contribution in [-0.4, -0.2) is 30.3 Å². The fraction of sp³-hybridized carbons (Fsp3) is 0.500. The zero-order valence-electron chi connectivity index (χ0n) is 7.27. The quantitative estimate of drug-likeness (QED) is 0.614. The Morgan fingerprint density at radius 3 is 2.92 bits per heavy atom. The summed E-state index contributed by atoms with van der Waals surface area (Å²) in [7, 11) is -1.58. The molecule has 0 saturated heterocycles. The minimum absolute atomic E-state index is 0.160. The molecule has 6 nitrogen and oxygen atoms in total. The zero-order chi connectivity index (χ0) is 9.90. The Bertz CT molecular complexity index is 365. The van der Waals surface area contributed by atoms with Crippen molar-refractivity contribution in [3.63, 3.8) is 0 Å². The Hall–Kier alpha value is -1.08. The van der Waals surface area contributed by atoms with Crippen molar-refractivity contribution in [2.75, 3.05) is 20.2 Å². The van der Waals surface area contributed by atoms with Crippen LogP contribution in [-0.2, 0) is 14.7 Å². The lowest BCUT2D eigenvalue weighted by atomic mass is 10.6. The molecule has 1 aliphatic rings. The third-order valence-electron chi connectivity index (χ3n) is 1.53. The summed E-state index contributed by atoms with van der Waals surface area (Å²) in [6, 6.07) is 0. The SMILES string of the molecule is CN=S(N)(=O)/C(=C/N)C1=NCCO1. The molecule has 0 radical (unpaired) electrons. The standard InChI is InChI=1S/C6H12N4O2S/c1-9-13(8,11)5(4-7)6-10-2-3-12-6/h4H,2-3,7H2,1H3,(H2,8,9,11)/b5-4+. The second kappa shape index (κ2) is 3.75. The van der Waals surface area contributed by atoms with E-state index in [1.165, 1.54) is 7.05 Å². The molecule has 74 valence electrons. The second-order valence-corrected chi connectivity index (χ2v) is 4.26. The van der Waals surface area contributed by atoms with Crippen molar-refractivity contribution in [2.45, 2.75) is 0 Å². The lowest BCUT2D eigenvalue weighted by Crippen LogP contribution is -2.22. The Balaban J connectivity index is 3.07. The van der Waals surface area contributed by atoms with Gasteiger partial charge in [0.2, 0.25) is 5.90 Å². The summed E-state index contributed by atoms with van der Waals surface area (Å²) in [5.74, 6) is 0.237. The Labute approximate surface area is 77.0 Å². The smallest absolute Gasteiger partial charge is 0.229 e. The summed E-state index contributed by atoms with van der Waals surface area (Å²) in [5, 5.41) is 5.40. The molecule has 7 heteroatoms. The number of ether oxygens (including phenoxy) is 1. The molecule has 0 aromatic heterocycles. The summed E-state index contributed by atoms with van der Waals surface area (Å²) < 4.78 is 20.2. The highest BCUT2D eigenvalue weighted by Crippen LogP contribution is 2.10. The van der Waals surface area contributed by atoms with Crippen LogP contribution in [0.15, 0.2) is 20.5 Å². The van der Waals surface area contributed by atoms with E-state index in [2.05, 4.69) is 9.36 Å². The molecule has 1 atom stereocenters. The lowest BCUT2D eigenvalue weighted by molar-refractivity contribution is 0.349. The van der Waals surface area contributed by atoms with Gasteiger partial charge in [0.15, 0.2) is 0 Å². The first-order valence-electron chi connectivity index (χ1n) is 3.64. The van der Waals surface area contributed by atoms with E-state index in [4.69, 9.17) is 15.6 Å². The van der Waals surface area contributed by atoms with Gasteiger partial charge < -0.3 is 10.5 Å². The van der Waals surface area contributed by atoms with Gasteiger partial charge in [0.25, 0.3) is 0 Å². The number of aliphatic imine (C=N–C) groups is 1. The first-order valence-corrected chi connectivity index (χ1v) is 5.22. The van der Waals surface area contributed by atoms with Crippen LogP contribution in [0.1, 0.15) is 0 Å². The maximum absolute atomic E-state index is 11.6. The monoisotopic (exact) mass is 204 g/mol. The van der Waals surface area contributed by atoms with Gasteiger partial charge in [-0.2, -0.15) is 0 Å². The summed E-state index contributed by atoms with van der Waals surface area (Å²) >= 11 is 0. The molecule has 0 spiro atoms. The van der Waals surface area contributed by atoms with Crippen LogP contribution >= 0.6 is 0 Å². The fourth-order valence-electron chi connectivity index (χ4n) is 0.876. The van der Waals surface area contributed by atoms with Crippen molar-refractivity contribution in [1.29, 1.82) is 0 Å². The van der Waals surface area contributed by atoms with E-state index in [0.29, 0.717) is 13.2 Å². The third-order valence-corrected chi connectivity index (χ3v) is 3.02. The molecule has 0 bridgehead atoms. The van der Waals surface area contributed by atoms with Crippen LogP contribution in [0.3, 0.4) is 0 Å². The highest BCUT2D eigenvalue weighted by atomic mass is 32.2. The predicted molar refractivity (Wildman–Crippen MR) is 51.2 cm³/mol. The van der Waals surface area contributed by atoms with Crippen molar-refractivity contribution in [3.8, 4) is 0 Å². The van der Waals surface area contributed by atoms with Gasteiger partial charge in [-0.15, -0.1) is 0 Å². The van der Waals surface area contributed by atoms with Gasteiger partial charge in [0.05, 0.1) is 6.54 Å². The Kier molecular flexibility index (Phi) is 2.89. The van der Waals surface area contributed by atoms with E-state index in [0.717, 1.165) is 6.20 Å². The summed E-state index contributed by atoms with van der Waals surface area (Å²) in [5.41, 5.74) is 5.27. The van der Waals surface area contributed by atoms with Crippen molar-refractivity contribution in [3.05, 3.63) is 11.1 Å². The molecule has 0 aromatic rings. The van der Waals surface area contributed by atoms with E-state index < -0.39 is 9.92 Å². The number of hydrogen-bond acceptors (Lipinski definition) is 5. The molecule has 1 aliphatic heterocycles. The summed E-state index contributed by atoms with van der Waals surface area (Å²) in [6.07, 6.45) is 1.12.